The number of rotatable bonds is 6. The zero-order chi connectivity index (χ0) is 14.1. The smallest absolute Gasteiger partial charge is 0.0446 e. The van der Waals surface area contributed by atoms with Crippen molar-refractivity contribution in [3.05, 3.63) is 0 Å². The van der Waals surface area contributed by atoms with Gasteiger partial charge >= 0.3 is 0 Å². The van der Waals surface area contributed by atoms with Crippen LogP contribution in [0.5, 0.6) is 0 Å². The Hall–Kier alpha value is 0.420. The van der Waals surface area contributed by atoms with Crippen LogP contribution in [0.4, 0.5) is 0 Å². The fourth-order valence-electron chi connectivity index (χ4n) is 4.37. The second-order valence-electron chi connectivity index (χ2n) is 7.46. The van der Waals surface area contributed by atoms with Crippen LogP contribution in [0.2, 0.25) is 0 Å². The normalized spacial score (nSPS) is 34.9. The lowest BCUT2D eigenvalue weighted by Gasteiger charge is -2.42. The Bertz CT molecular complexity index is 323. The van der Waals surface area contributed by atoms with Crippen molar-refractivity contribution >= 4 is 24.8 Å². The topological polar surface area (TPSA) is 38.7 Å². The summed E-state index contributed by atoms with van der Waals surface area (Å²) in [6.07, 6.45) is 0.933. The number of aliphatic hydroxyl groups excluding tert-OH is 1. The summed E-state index contributed by atoms with van der Waals surface area (Å²) in [6, 6.07) is 0.563. The third kappa shape index (κ3) is 4.71. The summed E-state index contributed by atoms with van der Waals surface area (Å²) in [5, 5.41) is 12.8. The van der Waals surface area contributed by atoms with Gasteiger partial charge in [-0.05, 0) is 43.2 Å². The van der Waals surface area contributed by atoms with Gasteiger partial charge in [-0.2, -0.15) is 0 Å². The molecular formula is C16H33Cl2N3O. The number of nitrogens with zero attached hydrogens (tertiary/aromatic N) is 2. The third-order valence-corrected chi connectivity index (χ3v) is 5.49. The van der Waals surface area contributed by atoms with Crippen molar-refractivity contribution < 1.29 is 5.11 Å². The van der Waals surface area contributed by atoms with E-state index in [0.29, 0.717) is 12.6 Å². The maximum atomic E-state index is 9.33. The van der Waals surface area contributed by atoms with Gasteiger partial charge < -0.3 is 15.3 Å². The van der Waals surface area contributed by atoms with E-state index in [1.54, 1.807) is 0 Å². The number of piperidine rings is 1. The molecule has 0 amide bonds. The Balaban J connectivity index is 0.00000121. The lowest BCUT2D eigenvalue weighted by Crippen LogP contribution is -2.54. The number of halogens is 2. The van der Waals surface area contributed by atoms with Crippen molar-refractivity contribution in [3.8, 4) is 0 Å². The fraction of sp³-hybridized carbons (Fsp3) is 1.00. The summed E-state index contributed by atoms with van der Waals surface area (Å²) < 4.78 is 0. The van der Waals surface area contributed by atoms with Gasteiger partial charge in [0.05, 0.1) is 0 Å². The van der Waals surface area contributed by atoms with Crippen LogP contribution in [0.15, 0.2) is 0 Å². The van der Waals surface area contributed by atoms with Crippen LogP contribution >= 0.6 is 24.8 Å². The summed E-state index contributed by atoms with van der Waals surface area (Å²) in [5.74, 6) is 3.62. The third-order valence-electron chi connectivity index (χ3n) is 5.49. The van der Waals surface area contributed by atoms with Gasteiger partial charge in [-0.15, -0.1) is 24.8 Å². The first kappa shape index (κ1) is 20.5. The van der Waals surface area contributed by atoms with Crippen LogP contribution < -0.4 is 5.32 Å². The second kappa shape index (κ2) is 9.05. The highest BCUT2D eigenvalue weighted by Gasteiger charge is 2.53. The van der Waals surface area contributed by atoms with Gasteiger partial charge in [-0.3, -0.25) is 4.90 Å². The number of hydrogen-bond acceptors (Lipinski definition) is 4. The summed E-state index contributed by atoms with van der Waals surface area (Å²) in [4.78, 5) is 5.27. The number of hydrogen-bond donors (Lipinski definition) is 2. The molecule has 3 aliphatic rings. The highest BCUT2D eigenvalue weighted by atomic mass is 35.5. The number of aliphatic hydroxyl groups is 1. The average molecular weight is 354 g/mol. The van der Waals surface area contributed by atoms with Crippen LogP contribution in [0, 0.1) is 23.7 Å². The van der Waals surface area contributed by atoms with E-state index >= 15 is 0 Å². The molecule has 0 aromatic rings. The quantitative estimate of drug-likeness (QED) is 0.755. The second-order valence-corrected chi connectivity index (χ2v) is 7.46. The molecule has 0 aromatic heterocycles. The molecule has 3 fully saturated rings. The molecule has 0 aromatic carbocycles. The molecule has 3 rings (SSSR count). The average Bonchev–Trinajstić information content (AvgIpc) is 2.85. The predicted molar refractivity (Wildman–Crippen MR) is 96.2 cm³/mol. The fourth-order valence-corrected chi connectivity index (χ4v) is 4.37. The number of piperazine rings is 1. The standard InChI is InChI=1S/C16H31N3O.2ClH/c1-12(2)9-19-5-4-18(10-13(19)3-6-20)11-16-14-7-17-8-15(14)16;;/h12-17,20H,3-11H2,1-2H3;2*1H/t13?,14-,15+,16?;;. The van der Waals surface area contributed by atoms with Crippen molar-refractivity contribution in [3.63, 3.8) is 0 Å². The first-order valence-electron chi connectivity index (χ1n) is 8.47. The zero-order valence-corrected chi connectivity index (χ0v) is 15.5. The Morgan fingerprint density at radius 3 is 2.41 bits per heavy atom. The minimum absolute atomic E-state index is 0. The molecule has 2 unspecified atom stereocenters. The van der Waals surface area contributed by atoms with E-state index in [-0.39, 0.29) is 24.8 Å². The van der Waals surface area contributed by atoms with Crippen molar-refractivity contribution in [2.75, 3.05) is 52.4 Å². The largest absolute Gasteiger partial charge is 0.396 e. The summed E-state index contributed by atoms with van der Waals surface area (Å²) in [5.41, 5.74) is 0. The molecule has 4 nitrogen and oxygen atoms in total. The molecule has 1 saturated carbocycles. The molecule has 0 bridgehead atoms. The minimum atomic E-state index is 0. The molecule has 2 N–H and O–H groups in total. The first-order chi connectivity index (χ1) is 9.69. The lowest BCUT2D eigenvalue weighted by atomic mass is 10.1. The summed E-state index contributed by atoms with van der Waals surface area (Å²) in [7, 11) is 0. The lowest BCUT2D eigenvalue weighted by molar-refractivity contribution is 0.0476. The molecule has 22 heavy (non-hydrogen) atoms. The number of fused-ring (bicyclic) bond motifs is 1. The molecule has 4 atom stereocenters. The Morgan fingerprint density at radius 1 is 1.14 bits per heavy atom. The maximum Gasteiger partial charge on any atom is 0.0446 e. The van der Waals surface area contributed by atoms with E-state index in [1.807, 2.05) is 0 Å². The van der Waals surface area contributed by atoms with Crippen molar-refractivity contribution in [1.29, 1.82) is 0 Å². The Kier molecular flexibility index (Phi) is 8.42. The van der Waals surface area contributed by atoms with Crippen LogP contribution in [0.1, 0.15) is 20.3 Å². The van der Waals surface area contributed by atoms with Crippen molar-refractivity contribution in [1.82, 2.24) is 15.1 Å². The van der Waals surface area contributed by atoms with E-state index in [1.165, 1.54) is 39.3 Å². The van der Waals surface area contributed by atoms with E-state index in [2.05, 4.69) is 29.0 Å². The van der Waals surface area contributed by atoms with E-state index in [9.17, 15) is 5.11 Å². The van der Waals surface area contributed by atoms with Crippen LogP contribution in [0.3, 0.4) is 0 Å². The van der Waals surface area contributed by atoms with Gasteiger partial charge in [-0.25, -0.2) is 0 Å². The zero-order valence-electron chi connectivity index (χ0n) is 13.9. The minimum Gasteiger partial charge on any atom is -0.396 e. The highest BCUT2D eigenvalue weighted by molar-refractivity contribution is 5.85. The van der Waals surface area contributed by atoms with Crippen molar-refractivity contribution in [2.24, 2.45) is 23.7 Å². The van der Waals surface area contributed by atoms with Crippen LogP contribution in [0.25, 0.3) is 0 Å². The molecule has 2 heterocycles. The van der Waals surface area contributed by atoms with Crippen LogP contribution in [-0.4, -0.2) is 73.4 Å². The maximum absolute atomic E-state index is 9.33. The monoisotopic (exact) mass is 353 g/mol. The molecule has 1 aliphatic carbocycles. The molecule has 0 radical (unpaired) electrons. The SMILES string of the molecule is CC(C)CN1CCN(CC2[C@H]3CNC[C@@H]23)CC1CCO.Cl.Cl. The van der Waals surface area contributed by atoms with Crippen molar-refractivity contribution in [2.45, 2.75) is 26.3 Å². The van der Waals surface area contributed by atoms with Gasteiger partial charge in [0.1, 0.15) is 0 Å². The molecule has 6 heteroatoms. The highest BCUT2D eigenvalue weighted by Crippen LogP contribution is 2.49. The number of nitrogens with one attached hydrogen (secondary N) is 1. The summed E-state index contributed by atoms with van der Waals surface area (Å²) >= 11 is 0. The first-order valence-corrected chi connectivity index (χ1v) is 8.47. The molecule has 2 saturated heterocycles. The predicted octanol–water partition coefficient (Wildman–Crippen LogP) is 1.32. The van der Waals surface area contributed by atoms with Gasteiger partial charge in [0, 0.05) is 45.4 Å². The van der Waals surface area contributed by atoms with E-state index < -0.39 is 0 Å². The Morgan fingerprint density at radius 2 is 1.82 bits per heavy atom. The Labute approximate surface area is 147 Å². The van der Waals surface area contributed by atoms with Crippen LogP contribution in [-0.2, 0) is 0 Å². The van der Waals surface area contributed by atoms with Gasteiger partial charge in [0.2, 0.25) is 0 Å². The van der Waals surface area contributed by atoms with E-state index in [0.717, 1.165) is 36.6 Å². The summed E-state index contributed by atoms with van der Waals surface area (Å²) in [6.45, 7) is 13.5. The van der Waals surface area contributed by atoms with Gasteiger partial charge in [-0.1, -0.05) is 13.8 Å². The van der Waals surface area contributed by atoms with Gasteiger partial charge in [0.15, 0.2) is 0 Å². The van der Waals surface area contributed by atoms with Gasteiger partial charge in [0.25, 0.3) is 0 Å². The van der Waals surface area contributed by atoms with E-state index in [4.69, 9.17) is 0 Å². The molecule has 2 aliphatic heterocycles. The molecule has 0 spiro atoms. The molecular weight excluding hydrogens is 321 g/mol. The molecule has 132 valence electrons.